The van der Waals surface area contributed by atoms with E-state index < -0.39 is 5.79 Å². The summed E-state index contributed by atoms with van der Waals surface area (Å²) < 4.78 is 10.5. The summed E-state index contributed by atoms with van der Waals surface area (Å²) in [6.45, 7) is 0. The maximum atomic E-state index is 5.24. The molecule has 0 aromatic heterocycles. The Kier molecular flexibility index (Phi) is 3.38. The van der Waals surface area contributed by atoms with E-state index in [1.165, 1.54) is 5.57 Å². The maximum Gasteiger partial charge on any atom is 0.190 e. The fourth-order valence-electron chi connectivity index (χ4n) is 1.15. The lowest BCUT2D eigenvalue weighted by molar-refractivity contribution is -0.167. The first kappa shape index (κ1) is 9.84. The van der Waals surface area contributed by atoms with Gasteiger partial charge in [0.05, 0.1) is 0 Å². The number of allylic oxidation sites excluding steroid dienone is 1. The predicted octanol–water partition coefficient (Wildman–Crippen LogP) is 1.79. The molecule has 12 heavy (non-hydrogen) atoms. The van der Waals surface area contributed by atoms with Crippen LogP contribution < -0.4 is 0 Å². The van der Waals surface area contributed by atoms with E-state index in [0.717, 1.165) is 12.2 Å². The molecule has 0 amide bonds. The van der Waals surface area contributed by atoms with Crippen LogP contribution in [0.3, 0.4) is 0 Å². The fourth-order valence-corrected chi connectivity index (χ4v) is 1.38. The van der Waals surface area contributed by atoms with Crippen molar-refractivity contribution in [3.05, 3.63) is 23.8 Å². The van der Waals surface area contributed by atoms with Crippen LogP contribution in [0.15, 0.2) is 23.8 Å². The molecule has 0 unspecified atom stereocenters. The van der Waals surface area contributed by atoms with Gasteiger partial charge in [-0.05, 0) is 11.6 Å². The lowest BCUT2D eigenvalue weighted by Crippen LogP contribution is -2.32. The van der Waals surface area contributed by atoms with Gasteiger partial charge >= 0.3 is 0 Å². The molecule has 0 N–H and O–H groups in total. The lowest BCUT2D eigenvalue weighted by Gasteiger charge is -2.28. The third-order valence-corrected chi connectivity index (χ3v) is 2.44. The smallest absolute Gasteiger partial charge is 0.190 e. The second-order valence-electron chi connectivity index (χ2n) is 2.69. The van der Waals surface area contributed by atoms with Gasteiger partial charge in [-0.1, -0.05) is 12.2 Å². The first-order valence-corrected chi connectivity index (χ1v) is 4.49. The molecule has 0 bridgehead atoms. The first-order valence-electron chi connectivity index (χ1n) is 3.86. The van der Waals surface area contributed by atoms with Crippen molar-refractivity contribution >= 4 is 12.6 Å². The fraction of sp³-hybridized carbons (Fsp3) is 0.556. The van der Waals surface area contributed by atoms with Crippen LogP contribution >= 0.6 is 12.6 Å². The zero-order chi connectivity index (χ0) is 9.03. The highest BCUT2D eigenvalue weighted by molar-refractivity contribution is 7.80. The number of hydrogen-bond acceptors (Lipinski definition) is 3. The molecule has 1 rings (SSSR count). The molecule has 3 heteroatoms. The molecule has 0 radical (unpaired) electrons. The minimum atomic E-state index is -0.549. The topological polar surface area (TPSA) is 18.5 Å². The van der Waals surface area contributed by atoms with Gasteiger partial charge in [-0.15, -0.1) is 0 Å². The van der Waals surface area contributed by atoms with Crippen molar-refractivity contribution in [1.82, 2.24) is 0 Å². The monoisotopic (exact) mass is 186 g/mol. The number of thiol groups is 1. The minimum Gasteiger partial charge on any atom is -0.349 e. The molecule has 0 aromatic carbocycles. The van der Waals surface area contributed by atoms with Crippen molar-refractivity contribution in [2.45, 2.75) is 12.2 Å². The standard InChI is InChI=1S/C9H14O2S/c1-10-9(11-2)5-3-8(7-12)4-6-9/h3-5,12H,6-7H2,1-2H3. The molecule has 68 valence electrons. The summed E-state index contributed by atoms with van der Waals surface area (Å²) in [5.74, 6) is 0.215. The second-order valence-corrected chi connectivity index (χ2v) is 3.01. The van der Waals surface area contributed by atoms with Crippen LogP contribution in [0, 0.1) is 0 Å². The average Bonchev–Trinajstić information content (AvgIpc) is 2.18. The van der Waals surface area contributed by atoms with Crippen molar-refractivity contribution < 1.29 is 9.47 Å². The number of hydrogen-bond donors (Lipinski definition) is 1. The van der Waals surface area contributed by atoms with Crippen LogP contribution in [0.2, 0.25) is 0 Å². The number of ether oxygens (including phenoxy) is 2. The SMILES string of the molecule is COC1(OC)C=CC(CS)=CC1. The van der Waals surface area contributed by atoms with Crippen LogP contribution in [-0.2, 0) is 9.47 Å². The molecule has 0 aliphatic heterocycles. The summed E-state index contributed by atoms with van der Waals surface area (Å²) in [4.78, 5) is 0. The second kappa shape index (κ2) is 4.12. The molecule has 0 aromatic rings. The van der Waals surface area contributed by atoms with E-state index in [1.54, 1.807) is 14.2 Å². The molecule has 1 aliphatic carbocycles. The molecular weight excluding hydrogens is 172 g/mol. The average molecular weight is 186 g/mol. The predicted molar refractivity (Wildman–Crippen MR) is 52.4 cm³/mol. The van der Waals surface area contributed by atoms with E-state index in [1.807, 2.05) is 12.2 Å². The Balaban J connectivity index is 2.67. The Morgan fingerprint density at radius 2 is 2.17 bits per heavy atom. The van der Waals surface area contributed by atoms with Crippen molar-refractivity contribution in [1.29, 1.82) is 0 Å². The molecule has 0 fully saturated rings. The van der Waals surface area contributed by atoms with Gasteiger partial charge in [0, 0.05) is 26.4 Å². The Labute approximate surface area is 78.7 Å². The maximum absolute atomic E-state index is 5.24. The van der Waals surface area contributed by atoms with Gasteiger partial charge in [-0.3, -0.25) is 0 Å². The van der Waals surface area contributed by atoms with E-state index in [-0.39, 0.29) is 0 Å². The summed E-state index contributed by atoms with van der Waals surface area (Å²) in [5.41, 5.74) is 1.21. The third-order valence-electron chi connectivity index (χ3n) is 2.07. The van der Waals surface area contributed by atoms with Crippen LogP contribution in [0.1, 0.15) is 6.42 Å². The van der Waals surface area contributed by atoms with Crippen molar-refractivity contribution in [3.63, 3.8) is 0 Å². The largest absolute Gasteiger partial charge is 0.349 e. The van der Waals surface area contributed by atoms with Crippen molar-refractivity contribution in [2.24, 2.45) is 0 Å². The first-order chi connectivity index (χ1) is 5.76. The van der Waals surface area contributed by atoms with Crippen molar-refractivity contribution in [3.8, 4) is 0 Å². The van der Waals surface area contributed by atoms with Gasteiger partial charge < -0.3 is 9.47 Å². The summed E-state index contributed by atoms with van der Waals surface area (Å²) in [5, 5.41) is 0. The summed E-state index contributed by atoms with van der Waals surface area (Å²) in [6, 6.07) is 0. The van der Waals surface area contributed by atoms with Gasteiger partial charge in [-0.2, -0.15) is 12.6 Å². The Morgan fingerprint density at radius 3 is 2.50 bits per heavy atom. The van der Waals surface area contributed by atoms with Gasteiger partial charge in [0.25, 0.3) is 0 Å². The molecule has 0 saturated heterocycles. The van der Waals surface area contributed by atoms with E-state index in [4.69, 9.17) is 9.47 Å². The molecule has 0 saturated carbocycles. The van der Waals surface area contributed by atoms with Gasteiger partial charge in [0.1, 0.15) is 0 Å². The zero-order valence-electron chi connectivity index (χ0n) is 7.41. The highest BCUT2D eigenvalue weighted by atomic mass is 32.1. The highest BCUT2D eigenvalue weighted by Crippen LogP contribution is 2.25. The Morgan fingerprint density at radius 1 is 1.50 bits per heavy atom. The van der Waals surface area contributed by atoms with E-state index in [2.05, 4.69) is 18.7 Å². The number of methoxy groups -OCH3 is 2. The van der Waals surface area contributed by atoms with Gasteiger partial charge in [0.15, 0.2) is 5.79 Å². The molecular formula is C9H14O2S. The lowest BCUT2D eigenvalue weighted by atomic mass is 10.0. The summed E-state index contributed by atoms with van der Waals surface area (Å²) in [6.07, 6.45) is 6.76. The molecule has 0 heterocycles. The summed E-state index contributed by atoms with van der Waals surface area (Å²) in [7, 11) is 3.29. The zero-order valence-corrected chi connectivity index (χ0v) is 8.30. The molecule has 0 atom stereocenters. The Bertz CT molecular complexity index is 205. The van der Waals surface area contributed by atoms with Crippen LogP contribution in [-0.4, -0.2) is 25.8 Å². The van der Waals surface area contributed by atoms with Crippen LogP contribution in [0.25, 0.3) is 0 Å². The normalized spacial score (nSPS) is 20.8. The molecule has 1 aliphatic rings. The Hall–Kier alpha value is -0.250. The van der Waals surface area contributed by atoms with Crippen LogP contribution in [0.5, 0.6) is 0 Å². The quantitative estimate of drug-likeness (QED) is 0.535. The molecule has 2 nitrogen and oxygen atoms in total. The third kappa shape index (κ3) is 1.91. The number of rotatable bonds is 3. The van der Waals surface area contributed by atoms with Crippen LogP contribution in [0.4, 0.5) is 0 Å². The van der Waals surface area contributed by atoms with E-state index in [0.29, 0.717) is 0 Å². The van der Waals surface area contributed by atoms with Gasteiger partial charge in [-0.25, -0.2) is 0 Å². The minimum absolute atomic E-state index is 0.549. The highest BCUT2D eigenvalue weighted by Gasteiger charge is 2.26. The summed E-state index contributed by atoms with van der Waals surface area (Å²) >= 11 is 4.18. The van der Waals surface area contributed by atoms with Crippen molar-refractivity contribution in [2.75, 3.05) is 20.0 Å². The van der Waals surface area contributed by atoms with Gasteiger partial charge in [0.2, 0.25) is 0 Å². The van der Waals surface area contributed by atoms with E-state index in [9.17, 15) is 0 Å². The molecule has 0 spiro atoms. The van der Waals surface area contributed by atoms with E-state index >= 15 is 0 Å².